The van der Waals surface area contributed by atoms with E-state index in [2.05, 4.69) is 15.6 Å². The highest BCUT2D eigenvalue weighted by Gasteiger charge is 2.10. The first-order valence-electron chi connectivity index (χ1n) is 7.51. The largest absolute Gasteiger partial charge is 0.494 e. The van der Waals surface area contributed by atoms with Gasteiger partial charge in [-0.05, 0) is 17.7 Å². The van der Waals surface area contributed by atoms with E-state index in [0.29, 0.717) is 25.7 Å². The number of carbonyl (C=O) groups excluding carboxylic acids is 1. The second-order valence-electron chi connectivity index (χ2n) is 5.07. The van der Waals surface area contributed by atoms with E-state index >= 15 is 0 Å². The van der Waals surface area contributed by atoms with Gasteiger partial charge < -0.3 is 25.0 Å². The lowest BCUT2D eigenvalue weighted by atomic mass is 10.2. The summed E-state index contributed by atoms with van der Waals surface area (Å²) < 4.78 is 23.5. The zero-order chi connectivity index (χ0) is 17.9. The van der Waals surface area contributed by atoms with Crippen LogP contribution in [-0.4, -0.2) is 64.8 Å². The van der Waals surface area contributed by atoms with Crippen molar-refractivity contribution in [2.75, 3.05) is 48.0 Å². The average molecular weight is 340 g/mol. The summed E-state index contributed by atoms with van der Waals surface area (Å²) >= 11 is 0. The normalized spacial score (nSPS) is 11.1. The Hall–Kier alpha value is -2.35. The third-order valence-electron chi connectivity index (χ3n) is 3.24. The lowest BCUT2D eigenvalue weighted by Crippen LogP contribution is -2.44. The number of guanidine groups is 1. The van der Waals surface area contributed by atoms with E-state index in [1.165, 1.54) is 13.2 Å². The van der Waals surface area contributed by atoms with Gasteiger partial charge in [0.1, 0.15) is 0 Å². The van der Waals surface area contributed by atoms with Gasteiger partial charge in [-0.3, -0.25) is 9.79 Å². The Balaban J connectivity index is 2.53. The molecule has 1 amide bonds. The lowest BCUT2D eigenvalue weighted by Gasteiger charge is -2.22. The summed E-state index contributed by atoms with van der Waals surface area (Å²) in [5, 5.41) is 5.67. The topological polar surface area (TPSA) is 75.2 Å². The van der Waals surface area contributed by atoms with Crippen molar-refractivity contribution in [3.05, 3.63) is 29.6 Å². The quantitative estimate of drug-likeness (QED) is 0.412. The number of nitrogens with zero attached hydrogens (tertiary/aromatic N) is 2. The van der Waals surface area contributed by atoms with Gasteiger partial charge in [-0.2, -0.15) is 0 Å². The van der Waals surface area contributed by atoms with Gasteiger partial charge in [0.2, 0.25) is 5.91 Å². The van der Waals surface area contributed by atoms with E-state index in [-0.39, 0.29) is 18.2 Å². The number of hydrogen-bond donors (Lipinski definition) is 2. The van der Waals surface area contributed by atoms with Crippen molar-refractivity contribution in [1.29, 1.82) is 0 Å². The minimum absolute atomic E-state index is 0.0949. The van der Waals surface area contributed by atoms with Crippen LogP contribution in [0.1, 0.15) is 5.56 Å². The van der Waals surface area contributed by atoms with E-state index in [1.54, 1.807) is 38.2 Å². The number of carbonyl (C=O) groups is 1. The summed E-state index contributed by atoms with van der Waals surface area (Å²) in [6, 6.07) is 4.78. The van der Waals surface area contributed by atoms with Crippen molar-refractivity contribution in [2.45, 2.75) is 6.54 Å². The minimum atomic E-state index is -0.413. The molecule has 24 heavy (non-hydrogen) atoms. The summed E-state index contributed by atoms with van der Waals surface area (Å²) in [6.07, 6.45) is 0. The fourth-order valence-corrected chi connectivity index (χ4v) is 2.06. The summed E-state index contributed by atoms with van der Waals surface area (Å²) in [6.45, 7) is 1.45. The van der Waals surface area contributed by atoms with Crippen molar-refractivity contribution in [2.24, 2.45) is 4.99 Å². The molecule has 0 aliphatic carbocycles. The predicted molar refractivity (Wildman–Crippen MR) is 90.7 cm³/mol. The summed E-state index contributed by atoms with van der Waals surface area (Å²) in [4.78, 5) is 17.6. The molecule has 0 heterocycles. The van der Waals surface area contributed by atoms with Crippen LogP contribution < -0.4 is 15.4 Å². The third-order valence-corrected chi connectivity index (χ3v) is 3.24. The smallest absolute Gasteiger partial charge is 0.239 e. The number of aliphatic imine (C=N–C) groups is 1. The van der Waals surface area contributed by atoms with Gasteiger partial charge in [-0.25, -0.2) is 4.39 Å². The second-order valence-corrected chi connectivity index (χ2v) is 5.07. The molecular weight excluding hydrogens is 315 g/mol. The Morgan fingerprint density at radius 1 is 1.33 bits per heavy atom. The van der Waals surface area contributed by atoms with Crippen LogP contribution in [0.15, 0.2) is 23.2 Å². The molecule has 0 saturated carbocycles. The molecule has 2 N–H and O–H groups in total. The van der Waals surface area contributed by atoms with Gasteiger partial charge >= 0.3 is 0 Å². The molecule has 134 valence electrons. The summed E-state index contributed by atoms with van der Waals surface area (Å²) in [7, 11) is 6.42. The number of ether oxygens (including phenoxy) is 2. The molecular formula is C16H25FN4O3. The standard InChI is InChI=1S/C16H25FN4O3/c1-18-16(20-10-15(22)19-7-8-23-3)21(2)11-12-5-6-14(24-4)13(17)9-12/h5-6,9H,7-8,10-11H2,1-4H3,(H,18,20)(H,19,22). The molecule has 1 rings (SSSR count). The van der Waals surface area contributed by atoms with Gasteiger partial charge in [-0.1, -0.05) is 6.07 Å². The maximum absolute atomic E-state index is 13.7. The molecule has 1 aromatic carbocycles. The van der Waals surface area contributed by atoms with E-state index in [1.807, 2.05) is 0 Å². The van der Waals surface area contributed by atoms with Gasteiger partial charge in [0.25, 0.3) is 0 Å². The number of amides is 1. The Morgan fingerprint density at radius 3 is 2.67 bits per heavy atom. The molecule has 0 atom stereocenters. The first-order chi connectivity index (χ1) is 11.5. The molecule has 8 heteroatoms. The number of halogens is 1. The molecule has 0 fully saturated rings. The predicted octanol–water partition coefficient (Wildman–Crippen LogP) is 0.604. The molecule has 0 bridgehead atoms. The van der Waals surface area contributed by atoms with Crippen molar-refractivity contribution >= 4 is 11.9 Å². The van der Waals surface area contributed by atoms with Crippen LogP contribution in [0.4, 0.5) is 4.39 Å². The van der Waals surface area contributed by atoms with E-state index < -0.39 is 5.82 Å². The number of rotatable bonds is 8. The molecule has 0 saturated heterocycles. The molecule has 0 aliphatic rings. The van der Waals surface area contributed by atoms with Gasteiger partial charge in [0, 0.05) is 34.3 Å². The molecule has 0 aliphatic heterocycles. The third kappa shape index (κ3) is 6.41. The number of nitrogens with one attached hydrogen (secondary N) is 2. The SMILES string of the molecule is CN=C(NCC(=O)NCCOC)N(C)Cc1ccc(OC)c(F)c1. The van der Waals surface area contributed by atoms with Crippen molar-refractivity contribution < 1.29 is 18.7 Å². The second kappa shape index (κ2) is 10.4. The van der Waals surface area contributed by atoms with E-state index in [0.717, 1.165) is 5.56 Å². The highest BCUT2D eigenvalue weighted by atomic mass is 19.1. The van der Waals surface area contributed by atoms with E-state index in [4.69, 9.17) is 9.47 Å². The van der Waals surface area contributed by atoms with Gasteiger partial charge in [0.05, 0.1) is 20.3 Å². The van der Waals surface area contributed by atoms with Crippen LogP contribution in [0.2, 0.25) is 0 Å². The van der Waals surface area contributed by atoms with Crippen LogP contribution >= 0.6 is 0 Å². The molecule has 7 nitrogen and oxygen atoms in total. The molecule has 0 radical (unpaired) electrons. The first-order valence-corrected chi connectivity index (χ1v) is 7.51. The number of methoxy groups -OCH3 is 2. The van der Waals surface area contributed by atoms with Crippen molar-refractivity contribution in [1.82, 2.24) is 15.5 Å². The Morgan fingerprint density at radius 2 is 2.08 bits per heavy atom. The molecule has 0 unspecified atom stereocenters. The molecule has 1 aromatic rings. The lowest BCUT2D eigenvalue weighted by molar-refractivity contribution is -0.120. The van der Waals surface area contributed by atoms with Crippen LogP contribution in [0, 0.1) is 5.82 Å². The van der Waals surface area contributed by atoms with Crippen LogP contribution in [-0.2, 0) is 16.1 Å². The maximum Gasteiger partial charge on any atom is 0.239 e. The van der Waals surface area contributed by atoms with E-state index in [9.17, 15) is 9.18 Å². The van der Waals surface area contributed by atoms with Crippen LogP contribution in [0.25, 0.3) is 0 Å². The maximum atomic E-state index is 13.7. The minimum Gasteiger partial charge on any atom is -0.494 e. The number of hydrogen-bond acceptors (Lipinski definition) is 4. The highest BCUT2D eigenvalue weighted by molar-refractivity contribution is 5.86. The van der Waals surface area contributed by atoms with Crippen LogP contribution in [0.3, 0.4) is 0 Å². The van der Waals surface area contributed by atoms with Gasteiger partial charge in [-0.15, -0.1) is 0 Å². The monoisotopic (exact) mass is 340 g/mol. The summed E-state index contributed by atoms with van der Waals surface area (Å²) in [5.41, 5.74) is 0.767. The Kier molecular flexibility index (Phi) is 8.56. The fraction of sp³-hybridized carbons (Fsp3) is 0.500. The Bertz CT molecular complexity index is 566. The molecule has 0 aromatic heterocycles. The van der Waals surface area contributed by atoms with Crippen molar-refractivity contribution in [3.63, 3.8) is 0 Å². The zero-order valence-corrected chi connectivity index (χ0v) is 14.6. The first kappa shape index (κ1) is 19.7. The molecule has 0 spiro atoms. The highest BCUT2D eigenvalue weighted by Crippen LogP contribution is 2.18. The van der Waals surface area contributed by atoms with Gasteiger partial charge in [0.15, 0.2) is 17.5 Å². The van der Waals surface area contributed by atoms with Crippen molar-refractivity contribution in [3.8, 4) is 5.75 Å². The zero-order valence-electron chi connectivity index (χ0n) is 14.6. The van der Waals surface area contributed by atoms with Crippen LogP contribution in [0.5, 0.6) is 5.75 Å². The average Bonchev–Trinajstić information content (AvgIpc) is 2.56. The number of benzene rings is 1. The fourth-order valence-electron chi connectivity index (χ4n) is 2.06. The Labute approximate surface area is 141 Å². The summed E-state index contributed by atoms with van der Waals surface area (Å²) in [5.74, 6) is 0.172.